The summed E-state index contributed by atoms with van der Waals surface area (Å²) in [5.74, 6) is 2.30. The number of carbonyl (C=O) groups is 1. The number of hydrogen-bond donors (Lipinski definition) is 1. The number of hydrogen-bond acceptors (Lipinski definition) is 3. The minimum atomic E-state index is -0.226. The highest BCUT2D eigenvalue weighted by molar-refractivity contribution is 5.86. The number of carbonyl (C=O) groups excluding carboxylic acids is 1. The summed E-state index contributed by atoms with van der Waals surface area (Å²) in [4.78, 5) is 26.9. The maximum absolute atomic E-state index is 12.9. The first-order chi connectivity index (χ1) is 13.7. The van der Waals surface area contributed by atoms with Gasteiger partial charge in [0, 0.05) is 17.7 Å². The van der Waals surface area contributed by atoms with Gasteiger partial charge in [-0.25, -0.2) is 5.43 Å². The number of benzene rings is 1. The molecular formula is C23H29N3O2. The first-order valence-electron chi connectivity index (χ1n) is 11.0. The third-order valence-corrected chi connectivity index (χ3v) is 7.39. The van der Waals surface area contributed by atoms with Crippen LogP contribution in [-0.2, 0) is 4.79 Å². The third-order valence-electron chi connectivity index (χ3n) is 7.39. The van der Waals surface area contributed by atoms with Crippen molar-refractivity contribution in [2.75, 3.05) is 5.43 Å². The summed E-state index contributed by atoms with van der Waals surface area (Å²) in [5, 5.41) is 6.25. The number of nitrogens with one attached hydrogen (secondary N) is 1. The summed E-state index contributed by atoms with van der Waals surface area (Å²) in [5.41, 5.74) is 3.56. The average Bonchev–Trinajstić information content (AvgIpc) is 3.34. The molecule has 2 aromatic rings. The van der Waals surface area contributed by atoms with Crippen molar-refractivity contribution < 1.29 is 4.79 Å². The summed E-state index contributed by atoms with van der Waals surface area (Å²) in [6.45, 7) is 0. The van der Waals surface area contributed by atoms with Crippen molar-refractivity contribution in [3.05, 3.63) is 40.3 Å². The van der Waals surface area contributed by atoms with Crippen LogP contribution in [0.4, 0.5) is 0 Å². The maximum atomic E-state index is 12.9. The van der Waals surface area contributed by atoms with E-state index in [1.165, 1.54) is 49.7 Å². The molecule has 1 amide bonds. The Morgan fingerprint density at radius 1 is 1.04 bits per heavy atom. The predicted octanol–water partition coefficient (Wildman–Crippen LogP) is 4.34. The zero-order valence-corrected chi connectivity index (χ0v) is 16.4. The Hall–Kier alpha value is -2.17. The molecular weight excluding hydrogens is 350 g/mol. The molecule has 0 aliphatic heterocycles. The lowest BCUT2D eigenvalue weighted by molar-refractivity contribution is -0.118. The van der Waals surface area contributed by atoms with E-state index >= 15 is 0 Å². The van der Waals surface area contributed by atoms with E-state index in [2.05, 4.69) is 10.5 Å². The molecule has 2 bridgehead atoms. The molecule has 1 N–H and O–H groups in total. The van der Waals surface area contributed by atoms with E-state index in [1.807, 2.05) is 24.3 Å². The first kappa shape index (κ1) is 17.9. The van der Waals surface area contributed by atoms with Gasteiger partial charge in [-0.3, -0.25) is 9.59 Å². The van der Waals surface area contributed by atoms with Crippen LogP contribution in [0.2, 0.25) is 0 Å². The molecule has 0 saturated heterocycles. The van der Waals surface area contributed by atoms with Crippen LogP contribution in [0.15, 0.2) is 29.1 Å². The van der Waals surface area contributed by atoms with Crippen LogP contribution < -0.4 is 11.0 Å². The van der Waals surface area contributed by atoms with E-state index < -0.39 is 0 Å². The number of rotatable bonds is 4. The van der Waals surface area contributed by atoms with Crippen LogP contribution in [0.3, 0.4) is 0 Å². The molecule has 28 heavy (non-hydrogen) atoms. The minimum Gasteiger partial charge on any atom is -0.273 e. The van der Waals surface area contributed by atoms with Crippen LogP contribution in [0, 0.1) is 17.8 Å². The molecule has 3 aliphatic carbocycles. The molecule has 3 fully saturated rings. The van der Waals surface area contributed by atoms with Gasteiger partial charge in [-0.1, -0.05) is 43.9 Å². The van der Waals surface area contributed by atoms with Crippen LogP contribution in [0.25, 0.3) is 10.8 Å². The number of aromatic nitrogens is 2. The molecule has 0 spiro atoms. The van der Waals surface area contributed by atoms with Crippen LogP contribution in [0.5, 0.6) is 0 Å². The van der Waals surface area contributed by atoms with E-state index in [-0.39, 0.29) is 11.5 Å². The van der Waals surface area contributed by atoms with Gasteiger partial charge in [0.05, 0.1) is 11.1 Å². The fourth-order valence-electron chi connectivity index (χ4n) is 6.00. The second-order valence-corrected chi connectivity index (χ2v) is 9.16. The first-order valence-corrected chi connectivity index (χ1v) is 11.0. The SMILES string of the molecule is O=C(CC1CC2CCC1C2)Nn1nc(C2CCCCC2)c2ccccc2c1=O. The highest BCUT2D eigenvalue weighted by Gasteiger charge is 2.40. The Morgan fingerprint density at radius 2 is 1.82 bits per heavy atom. The smallest absolute Gasteiger partial charge is 0.273 e. The predicted molar refractivity (Wildman–Crippen MR) is 110 cm³/mol. The molecule has 5 rings (SSSR count). The highest BCUT2D eigenvalue weighted by Crippen LogP contribution is 2.49. The van der Waals surface area contributed by atoms with E-state index in [0.29, 0.717) is 29.6 Å². The number of fused-ring (bicyclic) bond motifs is 3. The zero-order chi connectivity index (χ0) is 19.1. The van der Waals surface area contributed by atoms with Crippen molar-refractivity contribution in [3.8, 4) is 0 Å². The summed E-state index contributed by atoms with van der Waals surface area (Å²) >= 11 is 0. The monoisotopic (exact) mass is 379 g/mol. The van der Waals surface area contributed by atoms with Gasteiger partial charge in [0.1, 0.15) is 0 Å². The Kier molecular flexibility index (Phi) is 4.69. The van der Waals surface area contributed by atoms with Gasteiger partial charge < -0.3 is 0 Å². The average molecular weight is 380 g/mol. The van der Waals surface area contributed by atoms with Gasteiger partial charge in [-0.05, 0) is 55.9 Å². The van der Waals surface area contributed by atoms with E-state index in [0.717, 1.165) is 29.8 Å². The fraction of sp³-hybridized carbons (Fsp3) is 0.609. The van der Waals surface area contributed by atoms with Crippen molar-refractivity contribution in [2.24, 2.45) is 17.8 Å². The van der Waals surface area contributed by atoms with Crippen molar-refractivity contribution in [1.82, 2.24) is 9.89 Å². The molecule has 3 aliphatic rings. The van der Waals surface area contributed by atoms with Gasteiger partial charge in [0.25, 0.3) is 5.56 Å². The lowest BCUT2D eigenvalue weighted by Crippen LogP contribution is -2.37. The quantitative estimate of drug-likeness (QED) is 0.859. The molecule has 0 radical (unpaired) electrons. The van der Waals surface area contributed by atoms with E-state index in [9.17, 15) is 9.59 Å². The Bertz CT molecular complexity index is 945. The fourth-order valence-corrected chi connectivity index (χ4v) is 6.00. The summed E-state index contributed by atoms with van der Waals surface area (Å²) in [7, 11) is 0. The third kappa shape index (κ3) is 3.25. The van der Waals surface area contributed by atoms with Crippen LogP contribution in [0.1, 0.15) is 75.8 Å². The summed E-state index contributed by atoms with van der Waals surface area (Å²) in [6, 6.07) is 7.70. The topological polar surface area (TPSA) is 64.0 Å². The van der Waals surface area contributed by atoms with Gasteiger partial charge in [0.2, 0.25) is 5.91 Å². The van der Waals surface area contributed by atoms with E-state index in [4.69, 9.17) is 0 Å². The minimum absolute atomic E-state index is 0.0722. The lowest BCUT2D eigenvalue weighted by Gasteiger charge is -2.23. The van der Waals surface area contributed by atoms with Crippen molar-refractivity contribution in [2.45, 2.75) is 70.1 Å². The molecule has 5 nitrogen and oxygen atoms in total. The molecule has 3 atom stereocenters. The second-order valence-electron chi connectivity index (χ2n) is 9.16. The Balaban J connectivity index is 1.42. The largest absolute Gasteiger partial charge is 0.294 e. The van der Waals surface area contributed by atoms with Gasteiger partial charge >= 0.3 is 0 Å². The van der Waals surface area contributed by atoms with Gasteiger partial charge in [-0.15, -0.1) is 4.79 Å². The van der Waals surface area contributed by atoms with Gasteiger partial charge in [-0.2, -0.15) is 5.10 Å². The molecule has 3 unspecified atom stereocenters. The maximum Gasteiger partial charge on any atom is 0.294 e. The van der Waals surface area contributed by atoms with Crippen LogP contribution >= 0.6 is 0 Å². The van der Waals surface area contributed by atoms with Crippen molar-refractivity contribution >= 4 is 16.7 Å². The Labute approximate surface area is 165 Å². The lowest BCUT2D eigenvalue weighted by atomic mass is 9.85. The molecule has 148 valence electrons. The molecule has 1 aromatic carbocycles. The normalized spacial score (nSPS) is 27.4. The number of amides is 1. The van der Waals surface area contributed by atoms with Crippen LogP contribution in [-0.4, -0.2) is 15.8 Å². The summed E-state index contributed by atoms with van der Waals surface area (Å²) in [6.07, 6.45) is 11.5. The van der Waals surface area contributed by atoms with Crippen molar-refractivity contribution in [3.63, 3.8) is 0 Å². The Morgan fingerprint density at radius 3 is 2.54 bits per heavy atom. The molecule has 3 saturated carbocycles. The molecule has 5 heteroatoms. The van der Waals surface area contributed by atoms with E-state index in [1.54, 1.807) is 0 Å². The number of nitrogens with zero attached hydrogens (tertiary/aromatic N) is 2. The molecule has 1 heterocycles. The standard InChI is InChI=1S/C23H29N3O2/c27-21(14-18-13-15-10-11-17(18)12-15)24-26-23(28)20-9-5-4-8-19(20)22(25-26)16-6-2-1-3-7-16/h4-5,8-9,15-18H,1-3,6-7,10-14H2,(H,24,27). The highest BCUT2D eigenvalue weighted by atomic mass is 16.2. The van der Waals surface area contributed by atoms with Gasteiger partial charge in [0.15, 0.2) is 0 Å². The van der Waals surface area contributed by atoms with Crippen molar-refractivity contribution in [1.29, 1.82) is 0 Å². The summed E-state index contributed by atoms with van der Waals surface area (Å²) < 4.78 is 0. The zero-order valence-electron chi connectivity index (χ0n) is 16.4. The second kappa shape index (κ2) is 7.34. The molecule has 1 aromatic heterocycles.